The van der Waals surface area contributed by atoms with Crippen LogP contribution in [-0.2, 0) is 4.74 Å². The van der Waals surface area contributed by atoms with Crippen LogP contribution in [0.1, 0.15) is 209 Å². The van der Waals surface area contributed by atoms with Crippen molar-refractivity contribution in [3.63, 3.8) is 0 Å². The first-order chi connectivity index (χ1) is 35.7. The van der Waals surface area contributed by atoms with Gasteiger partial charge in [0.05, 0.1) is 18.2 Å². The van der Waals surface area contributed by atoms with Gasteiger partial charge in [-0.2, -0.15) is 0 Å². The third-order valence-electron chi connectivity index (χ3n) is 15.6. The molecule has 5 aromatic rings. The van der Waals surface area contributed by atoms with Gasteiger partial charge in [0.15, 0.2) is 0 Å². The normalized spacial score (nSPS) is 18.6. The van der Waals surface area contributed by atoms with Gasteiger partial charge in [-0.05, 0) is 104 Å². The van der Waals surface area contributed by atoms with Crippen molar-refractivity contribution in [2.24, 2.45) is 0 Å². The molecule has 10 rings (SSSR count). The second-order valence-corrected chi connectivity index (χ2v) is 22.4. The fourth-order valence-corrected chi connectivity index (χ4v) is 14.1. The molecule has 388 valence electrons. The lowest BCUT2D eigenvalue weighted by Crippen LogP contribution is -2.24. The number of hydrogen-bond acceptors (Lipinski definition) is 10. The second-order valence-electron chi connectivity index (χ2n) is 20.0. The van der Waals surface area contributed by atoms with Gasteiger partial charge in [-0.25, -0.2) is 4.79 Å². The van der Waals surface area contributed by atoms with Crippen molar-refractivity contribution < 1.29 is 47.4 Å². The molecule has 0 saturated heterocycles. The fourth-order valence-electron chi connectivity index (χ4n) is 12.0. The van der Waals surface area contributed by atoms with E-state index < -0.39 is 5.97 Å². The smallest absolute Gasteiger partial charge is 0.338 e. The number of hydrogen-bond donors (Lipinski definition) is 0. The standard InChI is InChI=1S/C60H67Br3O10/c1-6-10-14-20-34-40-26-41-35(21-15-11-7-2)43-28-45-37(23-17-13-9-4)47-29-46-36(22-16-12-8-3)44-27-42(34)54-49(61)56(44)70-32-72-58(46)51(63)59(47)73-33-71-57(45)50(62)55(43)69-31-67-53(41)48(52(40)66-30-68-54)38-24-18-19-25-39(38)60(64)65-5/h18-19,24-29,34-37H,6-17,20-23,30-33H2,1-5H3. The minimum absolute atomic E-state index is 0.0391. The Hall–Kier alpha value is -4.59. The second kappa shape index (κ2) is 23.1. The van der Waals surface area contributed by atoms with Gasteiger partial charge in [0.2, 0.25) is 27.2 Å². The van der Waals surface area contributed by atoms with E-state index in [0.717, 1.165) is 161 Å². The van der Waals surface area contributed by atoms with E-state index in [2.05, 4.69) is 99.8 Å². The molecule has 4 aliphatic heterocycles. The highest BCUT2D eigenvalue weighted by Gasteiger charge is 2.41. The minimum atomic E-state index is -0.454. The van der Waals surface area contributed by atoms with E-state index in [1.807, 2.05) is 24.3 Å². The molecular formula is C60H67Br3O10. The van der Waals surface area contributed by atoms with Crippen molar-refractivity contribution in [3.05, 3.63) is 112 Å². The summed E-state index contributed by atoms with van der Waals surface area (Å²) in [6.45, 7) is 8.67. The van der Waals surface area contributed by atoms with Crippen LogP contribution in [0.4, 0.5) is 0 Å². The van der Waals surface area contributed by atoms with Crippen LogP contribution in [0.15, 0.2) is 61.9 Å². The number of halogens is 3. The molecule has 73 heavy (non-hydrogen) atoms. The fraction of sp³-hybridized carbons (Fsp3) is 0.483. The Labute approximate surface area is 455 Å². The van der Waals surface area contributed by atoms with Crippen molar-refractivity contribution in [1.82, 2.24) is 0 Å². The first kappa shape index (κ1) is 51.9. The Kier molecular flexibility index (Phi) is 16.4. The van der Waals surface area contributed by atoms with Crippen LogP contribution >= 0.6 is 47.8 Å². The molecule has 10 nitrogen and oxygen atoms in total. The van der Waals surface area contributed by atoms with Crippen molar-refractivity contribution in [2.45, 2.75) is 154 Å². The lowest BCUT2D eigenvalue weighted by atomic mass is 9.75. The Bertz CT molecular complexity index is 2710. The summed E-state index contributed by atoms with van der Waals surface area (Å²) in [5.41, 5.74) is 10.2. The summed E-state index contributed by atoms with van der Waals surface area (Å²) >= 11 is 12.4. The lowest BCUT2D eigenvalue weighted by Gasteiger charge is -2.37. The maximum atomic E-state index is 14.0. The molecule has 0 spiro atoms. The van der Waals surface area contributed by atoms with E-state index in [1.165, 1.54) is 7.11 Å². The number of benzene rings is 5. The van der Waals surface area contributed by atoms with Gasteiger partial charge in [-0.15, -0.1) is 0 Å². The summed E-state index contributed by atoms with van der Waals surface area (Å²) < 4.78 is 62.7. The Morgan fingerprint density at radius 3 is 1.00 bits per heavy atom. The van der Waals surface area contributed by atoms with Crippen molar-refractivity contribution in [2.75, 3.05) is 34.3 Å². The van der Waals surface area contributed by atoms with Gasteiger partial charge in [0.25, 0.3) is 0 Å². The first-order valence-corrected chi connectivity index (χ1v) is 29.1. The van der Waals surface area contributed by atoms with Gasteiger partial charge in [0.1, 0.15) is 59.4 Å². The minimum Gasteiger partial charge on any atom is -0.465 e. The molecule has 0 fully saturated rings. The van der Waals surface area contributed by atoms with Crippen molar-refractivity contribution in [3.8, 4) is 57.1 Å². The summed E-state index contributed by atoms with van der Waals surface area (Å²) in [5.74, 6) is 4.25. The summed E-state index contributed by atoms with van der Waals surface area (Å²) in [5, 5.41) is 0. The number of carbonyl (C=O) groups excluding carboxylic acids is 1. The molecule has 1 aliphatic carbocycles. The highest BCUT2D eigenvalue weighted by atomic mass is 79.9. The molecule has 8 bridgehead atoms. The molecule has 0 N–H and O–H groups in total. The Morgan fingerprint density at radius 1 is 0.438 bits per heavy atom. The molecule has 4 atom stereocenters. The number of ether oxygens (including phenoxy) is 9. The molecule has 5 aromatic carbocycles. The predicted octanol–water partition coefficient (Wildman–Crippen LogP) is 17.5. The largest absolute Gasteiger partial charge is 0.465 e. The van der Waals surface area contributed by atoms with Crippen LogP contribution in [0.3, 0.4) is 0 Å². The van der Waals surface area contributed by atoms with Crippen LogP contribution < -0.4 is 37.9 Å². The molecule has 0 radical (unpaired) electrons. The molecule has 4 heterocycles. The van der Waals surface area contributed by atoms with Crippen LogP contribution in [0.25, 0.3) is 11.1 Å². The Morgan fingerprint density at radius 2 is 0.712 bits per heavy atom. The van der Waals surface area contributed by atoms with Crippen molar-refractivity contribution >= 4 is 53.8 Å². The SMILES string of the molecule is CCCCCC1c2cc3c4c(Br)c2OCOc2c1cc1c(c2Br)OCOc2c(cc5c(c2-c2ccccc2C(=O)OC)OCOc2c(cc(c(c2Br)OCO4)C3CCCCC)C5CCCCC)C1CCCCC. The highest BCUT2D eigenvalue weighted by Crippen LogP contribution is 2.61. The van der Waals surface area contributed by atoms with Gasteiger partial charge in [-0.1, -0.05) is 123 Å². The average Bonchev–Trinajstić information content (AvgIpc) is 3.38. The van der Waals surface area contributed by atoms with Crippen LogP contribution in [0.5, 0.6) is 46.0 Å². The van der Waals surface area contributed by atoms with E-state index in [0.29, 0.717) is 62.7 Å². The summed E-state index contributed by atoms with van der Waals surface area (Å²) in [6.07, 6.45) is 15.7. The van der Waals surface area contributed by atoms with Crippen molar-refractivity contribution in [1.29, 1.82) is 0 Å². The molecule has 0 saturated carbocycles. The van der Waals surface area contributed by atoms with Gasteiger partial charge in [0, 0.05) is 73.7 Å². The number of methoxy groups -OCH3 is 1. The zero-order valence-corrected chi connectivity index (χ0v) is 47.5. The lowest BCUT2D eigenvalue weighted by molar-refractivity contribution is 0.0601. The number of unbranched alkanes of at least 4 members (excludes halogenated alkanes) is 8. The number of rotatable bonds is 18. The zero-order chi connectivity index (χ0) is 50.8. The third kappa shape index (κ3) is 9.70. The molecule has 0 amide bonds. The zero-order valence-electron chi connectivity index (χ0n) is 42.8. The quantitative estimate of drug-likeness (QED) is 0.0623. The van der Waals surface area contributed by atoms with Crippen LogP contribution in [0, 0.1) is 0 Å². The van der Waals surface area contributed by atoms with E-state index >= 15 is 0 Å². The predicted molar refractivity (Wildman–Crippen MR) is 294 cm³/mol. The number of carbonyl (C=O) groups is 1. The average molecular weight is 1190 g/mol. The topological polar surface area (TPSA) is 100 Å². The van der Waals surface area contributed by atoms with E-state index in [9.17, 15) is 4.79 Å². The van der Waals surface area contributed by atoms with E-state index in [1.54, 1.807) is 0 Å². The Balaban J connectivity index is 1.40. The van der Waals surface area contributed by atoms with Crippen LogP contribution in [-0.4, -0.2) is 40.3 Å². The van der Waals surface area contributed by atoms with Gasteiger partial charge in [-0.3, -0.25) is 0 Å². The molecule has 13 heteroatoms. The molecular weight excluding hydrogens is 1120 g/mol. The van der Waals surface area contributed by atoms with Gasteiger partial charge >= 0.3 is 5.97 Å². The summed E-state index contributed by atoms with van der Waals surface area (Å²) in [4.78, 5) is 14.0. The van der Waals surface area contributed by atoms with Crippen LogP contribution in [0.2, 0.25) is 0 Å². The van der Waals surface area contributed by atoms with Gasteiger partial charge < -0.3 is 42.6 Å². The first-order valence-electron chi connectivity index (χ1n) is 26.7. The maximum Gasteiger partial charge on any atom is 0.338 e. The molecule has 0 aromatic heterocycles. The van der Waals surface area contributed by atoms with E-state index in [4.69, 9.17) is 42.6 Å². The highest BCUT2D eigenvalue weighted by molar-refractivity contribution is 9.11. The molecule has 4 unspecified atom stereocenters. The summed E-state index contributed by atoms with van der Waals surface area (Å²) in [7, 11) is 1.42. The third-order valence-corrected chi connectivity index (χ3v) is 17.8. The van der Waals surface area contributed by atoms with E-state index in [-0.39, 0.29) is 50.8 Å². The maximum absolute atomic E-state index is 14.0. The number of esters is 1. The molecule has 5 aliphatic rings. The monoisotopic (exact) mass is 1180 g/mol. The summed E-state index contributed by atoms with van der Waals surface area (Å²) in [6, 6.07) is 17.1.